The maximum Gasteiger partial charge on any atom is 0.143 e. The summed E-state index contributed by atoms with van der Waals surface area (Å²) in [4.78, 5) is 0. The molecule has 0 heterocycles. The summed E-state index contributed by atoms with van der Waals surface area (Å²) < 4.78 is 18.6. The highest BCUT2D eigenvalue weighted by atomic mass is 19.1. The molecule has 4 nitrogen and oxygen atoms in total. The summed E-state index contributed by atoms with van der Waals surface area (Å²) in [5.41, 5.74) is 1.82. The molecule has 24 heavy (non-hydrogen) atoms. The van der Waals surface area contributed by atoms with Crippen molar-refractivity contribution in [2.24, 2.45) is 10.2 Å². The van der Waals surface area contributed by atoms with Crippen molar-refractivity contribution in [1.82, 2.24) is 0 Å². The van der Waals surface area contributed by atoms with Gasteiger partial charge < -0.3 is 9.84 Å². The van der Waals surface area contributed by atoms with Crippen LogP contribution in [0.4, 0.5) is 15.8 Å². The molecule has 0 fully saturated rings. The van der Waals surface area contributed by atoms with Gasteiger partial charge in [-0.25, -0.2) is 4.39 Å². The third-order valence-electron chi connectivity index (χ3n) is 3.30. The van der Waals surface area contributed by atoms with E-state index in [1.54, 1.807) is 12.1 Å². The van der Waals surface area contributed by atoms with Gasteiger partial charge in [0.05, 0.1) is 5.69 Å². The Morgan fingerprint density at radius 2 is 1.62 bits per heavy atom. The molecule has 0 saturated carbocycles. The van der Waals surface area contributed by atoms with Gasteiger partial charge in [-0.05, 0) is 42.0 Å². The molecule has 0 aromatic heterocycles. The van der Waals surface area contributed by atoms with Gasteiger partial charge >= 0.3 is 0 Å². The number of nitrogens with zero attached hydrogens (tertiary/aromatic N) is 2. The van der Waals surface area contributed by atoms with Crippen molar-refractivity contribution < 1.29 is 14.2 Å². The first-order valence-corrected chi connectivity index (χ1v) is 7.38. The zero-order chi connectivity index (χ0) is 16.8. The summed E-state index contributed by atoms with van der Waals surface area (Å²) in [5.74, 6) is 0.228. The van der Waals surface area contributed by atoms with Crippen LogP contribution in [0.15, 0.2) is 83.0 Å². The van der Waals surface area contributed by atoms with Crippen molar-refractivity contribution in [3.8, 4) is 11.5 Å². The largest absolute Gasteiger partial charge is 0.506 e. The maximum atomic E-state index is 12.9. The first-order valence-electron chi connectivity index (χ1n) is 7.38. The van der Waals surface area contributed by atoms with Gasteiger partial charge in [0.2, 0.25) is 0 Å². The van der Waals surface area contributed by atoms with Gasteiger partial charge in [0.1, 0.15) is 29.6 Å². The van der Waals surface area contributed by atoms with Crippen molar-refractivity contribution in [2.45, 2.75) is 6.61 Å². The van der Waals surface area contributed by atoms with Crippen LogP contribution in [0.5, 0.6) is 11.5 Å². The minimum absolute atomic E-state index is 0.00655. The van der Waals surface area contributed by atoms with Crippen LogP contribution in [-0.2, 0) is 6.61 Å². The number of benzene rings is 3. The minimum Gasteiger partial charge on any atom is -0.506 e. The van der Waals surface area contributed by atoms with Crippen LogP contribution < -0.4 is 4.74 Å². The quantitative estimate of drug-likeness (QED) is 0.628. The number of rotatable bonds is 5. The molecule has 0 unspecified atom stereocenters. The Balaban J connectivity index is 1.72. The molecule has 0 aliphatic rings. The molecule has 1 N–H and O–H groups in total. The Labute approximate surface area is 138 Å². The van der Waals surface area contributed by atoms with Crippen molar-refractivity contribution in [1.29, 1.82) is 0 Å². The zero-order valence-corrected chi connectivity index (χ0v) is 12.8. The predicted octanol–water partition coefficient (Wildman–Crippen LogP) is 5.53. The summed E-state index contributed by atoms with van der Waals surface area (Å²) in [5, 5.41) is 17.8. The summed E-state index contributed by atoms with van der Waals surface area (Å²) in [6, 6.07) is 20.1. The number of aromatic hydroxyl groups is 1. The van der Waals surface area contributed by atoms with E-state index < -0.39 is 0 Å². The van der Waals surface area contributed by atoms with E-state index in [1.165, 1.54) is 30.3 Å². The molecule has 0 aliphatic carbocycles. The Bertz CT molecular complexity index is 834. The third-order valence-corrected chi connectivity index (χ3v) is 3.30. The average Bonchev–Trinajstić information content (AvgIpc) is 2.62. The number of hydrogen-bond acceptors (Lipinski definition) is 4. The highest BCUT2D eigenvalue weighted by Gasteiger charge is 2.04. The first kappa shape index (κ1) is 15.7. The van der Waals surface area contributed by atoms with Crippen LogP contribution in [0.1, 0.15) is 5.56 Å². The standard InChI is InChI=1S/C19H15FN2O2/c20-15-6-8-16(9-7-15)21-22-18-12-17(10-11-19(18)23)24-13-14-4-2-1-3-5-14/h1-12,23H,13H2. The van der Waals surface area contributed by atoms with E-state index in [0.717, 1.165) is 5.56 Å². The topological polar surface area (TPSA) is 54.2 Å². The lowest BCUT2D eigenvalue weighted by atomic mass is 10.2. The Morgan fingerprint density at radius 3 is 2.38 bits per heavy atom. The van der Waals surface area contributed by atoms with Gasteiger partial charge in [-0.1, -0.05) is 30.3 Å². The molecule has 0 aliphatic heterocycles. The Hall–Kier alpha value is -3.21. The fraction of sp³-hybridized carbons (Fsp3) is 0.0526. The highest BCUT2D eigenvalue weighted by Crippen LogP contribution is 2.32. The molecular formula is C19H15FN2O2. The summed E-state index contributed by atoms with van der Waals surface area (Å²) in [6.07, 6.45) is 0. The first-order chi connectivity index (χ1) is 11.7. The van der Waals surface area contributed by atoms with Crippen LogP contribution in [-0.4, -0.2) is 5.11 Å². The van der Waals surface area contributed by atoms with Gasteiger partial charge in [0.15, 0.2) is 0 Å². The van der Waals surface area contributed by atoms with Crippen LogP contribution in [0.3, 0.4) is 0 Å². The maximum absolute atomic E-state index is 12.9. The lowest BCUT2D eigenvalue weighted by Gasteiger charge is -2.07. The van der Waals surface area contributed by atoms with E-state index >= 15 is 0 Å². The Kier molecular flexibility index (Phi) is 4.81. The van der Waals surface area contributed by atoms with Crippen LogP contribution in [0, 0.1) is 5.82 Å². The Morgan fingerprint density at radius 1 is 0.875 bits per heavy atom. The lowest BCUT2D eigenvalue weighted by molar-refractivity contribution is 0.306. The van der Waals surface area contributed by atoms with Crippen LogP contribution >= 0.6 is 0 Å². The van der Waals surface area contributed by atoms with Gasteiger partial charge in [-0.15, -0.1) is 5.11 Å². The van der Waals surface area contributed by atoms with Gasteiger partial charge in [0.25, 0.3) is 0 Å². The second kappa shape index (κ2) is 7.37. The second-order valence-electron chi connectivity index (χ2n) is 5.10. The molecule has 0 radical (unpaired) electrons. The molecule has 3 rings (SSSR count). The predicted molar refractivity (Wildman–Crippen MR) is 89.5 cm³/mol. The molecule has 3 aromatic carbocycles. The number of halogens is 1. The zero-order valence-electron chi connectivity index (χ0n) is 12.8. The number of azo groups is 1. The van der Waals surface area contributed by atoms with Crippen molar-refractivity contribution >= 4 is 11.4 Å². The fourth-order valence-corrected chi connectivity index (χ4v) is 2.03. The molecule has 120 valence electrons. The normalized spacial score (nSPS) is 10.9. The highest BCUT2D eigenvalue weighted by molar-refractivity contribution is 5.54. The van der Waals surface area contributed by atoms with Gasteiger partial charge in [0, 0.05) is 6.07 Å². The van der Waals surface area contributed by atoms with Crippen molar-refractivity contribution in [2.75, 3.05) is 0 Å². The van der Waals surface area contributed by atoms with E-state index in [0.29, 0.717) is 18.0 Å². The lowest BCUT2D eigenvalue weighted by Crippen LogP contribution is -1.94. The molecule has 5 heteroatoms. The number of ether oxygens (including phenoxy) is 1. The molecule has 0 amide bonds. The van der Waals surface area contributed by atoms with Crippen molar-refractivity contribution in [3.05, 3.63) is 84.2 Å². The van der Waals surface area contributed by atoms with Crippen LogP contribution in [0.2, 0.25) is 0 Å². The third kappa shape index (κ3) is 4.16. The molecule has 0 saturated heterocycles. The van der Waals surface area contributed by atoms with E-state index in [-0.39, 0.29) is 17.3 Å². The van der Waals surface area contributed by atoms with E-state index in [4.69, 9.17) is 4.74 Å². The summed E-state index contributed by atoms with van der Waals surface area (Å²) >= 11 is 0. The molecule has 0 bridgehead atoms. The molecule has 0 atom stereocenters. The van der Waals surface area contributed by atoms with Gasteiger partial charge in [-0.2, -0.15) is 5.11 Å². The van der Waals surface area contributed by atoms with E-state index in [1.807, 2.05) is 30.3 Å². The number of phenols is 1. The van der Waals surface area contributed by atoms with Crippen LogP contribution in [0.25, 0.3) is 0 Å². The van der Waals surface area contributed by atoms with E-state index in [2.05, 4.69) is 10.2 Å². The fourth-order valence-electron chi connectivity index (χ4n) is 2.03. The molecule has 3 aromatic rings. The average molecular weight is 322 g/mol. The van der Waals surface area contributed by atoms with Crippen molar-refractivity contribution in [3.63, 3.8) is 0 Å². The number of hydrogen-bond donors (Lipinski definition) is 1. The monoisotopic (exact) mass is 322 g/mol. The van der Waals surface area contributed by atoms with Gasteiger partial charge in [-0.3, -0.25) is 0 Å². The summed E-state index contributed by atoms with van der Waals surface area (Å²) in [7, 11) is 0. The smallest absolute Gasteiger partial charge is 0.143 e. The SMILES string of the molecule is Oc1ccc(OCc2ccccc2)cc1N=Nc1ccc(F)cc1. The summed E-state index contributed by atoms with van der Waals surface area (Å²) in [6.45, 7) is 0.417. The minimum atomic E-state index is -0.340. The molecular weight excluding hydrogens is 307 g/mol. The second-order valence-corrected chi connectivity index (χ2v) is 5.10. The number of phenolic OH excluding ortho intramolecular Hbond substituents is 1. The van der Waals surface area contributed by atoms with E-state index in [9.17, 15) is 9.50 Å². The molecule has 0 spiro atoms.